The van der Waals surface area contributed by atoms with E-state index in [1.54, 1.807) is 7.11 Å². The van der Waals surface area contributed by atoms with Crippen LogP contribution < -0.4 is 4.74 Å². The maximum Gasteiger partial charge on any atom is 0.176 e. The molecule has 0 aliphatic carbocycles. The Morgan fingerprint density at radius 3 is 3.05 bits per heavy atom. The van der Waals surface area contributed by atoms with Crippen LogP contribution in [0.3, 0.4) is 0 Å². The monoisotopic (exact) mass is 263 g/mol. The number of Topliss-reactive ketones (excluding diaryl/α,β-unsaturated/α-hetero) is 1. The smallest absolute Gasteiger partial charge is 0.176 e. The first-order chi connectivity index (χ1) is 9.11. The summed E-state index contributed by atoms with van der Waals surface area (Å²) in [6.45, 7) is 3.80. The summed E-state index contributed by atoms with van der Waals surface area (Å²) in [4.78, 5) is 14.2. The zero-order chi connectivity index (χ0) is 13.8. The molecule has 1 aromatic rings. The van der Waals surface area contributed by atoms with E-state index in [1.807, 2.05) is 37.1 Å². The van der Waals surface area contributed by atoms with Gasteiger partial charge in [0, 0.05) is 25.1 Å². The molecule has 4 heteroatoms. The standard InChI is InChI=1S/C15H21NO3/c1-11(10-18-3)16(2)9-14(17)12-4-5-15-13(8-12)6-7-19-15/h4-5,8,11H,6-7,9-10H2,1-3H3. The van der Waals surface area contributed by atoms with E-state index >= 15 is 0 Å². The first kappa shape index (κ1) is 14.0. The van der Waals surface area contributed by atoms with E-state index in [1.165, 1.54) is 0 Å². The molecular formula is C15H21NO3. The number of fused-ring (bicyclic) bond motifs is 1. The average Bonchev–Trinajstić information content (AvgIpc) is 2.85. The summed E-state index contributed by atoms with van der Waals surface area (Å²) < 4.78 is 10.5. The van der Waals surface area contributed by atoms with Crippen molar-refractivity contribution in [3.63, 3.8) is 0 Å². The Bertz CT molecular complexity index is 459. The van der Waals surface area contributed by atoms with Crippen molar-refractivity contribution in [1.82, 2.24) is 4.90 Å². The lowest BCUT2D eigenvalue weighted by Crippen LogP contribution is -2.36. The highest BCUT2D eigenvalue weighted by Gasteiger charge is 2.17. The molecular weight excluding hydrogens is 242 g/mol. The van der Waals surface area contributed by atoms with Crippen molar-refractivity contribution >= 4 is 5.78 Å². The summed E-state index contributed by atoms with van der Waals surface area (Å²) in [5, 5.41) is 0. The Morgan fingerprint density at radius 2 is 2.32 bits per heavy atom. The predicted octanol–water partition coefficient (Wildman–Crippen LogP) is 1.77. The zero-order valence-electron chi connectivity index (χ0n) is 11.8. The first-order valence-corrected chi connectivity index (χ1v) is 6.60. The second-order valence-electron chi connectivity index (χ2n) is 5.06. The fraction of sp³-hybridized carbons (Fsp3) is 0.533. The summed E-state index contributed by atoms with van der Waals surface area (Å²) in [5.74, 6) is 1.05. The van der Waals surface area contributed by atoms with Crippen LogP contribution >= 0.6 is 0 Å². The Balaban J connectivity index is 2.00. The molecule has 1 aliphatic heterocycles. The van der Waals surface area contributed by atoms with Gasteiger partial charge in [0.2, 0.25) is 0 Å². The summed E-state index contributed by atoms with van der Waals surface area (Å²) in [6.07, 6.45) is 0.895. The lowest BCUT2D eigenvalue weighted by molar-refractivity contribution is 0.0841. The molecule has 104 valence electrons. The first-order valence-electron chi connectivity index (χ1n) is 6.60. The number of carbonyl (C=O) groups is 1. The van der Waals surface area contributed by atoms with Gasteiger partial charge in [-0.15, -0.1) is 0 Å². The largest absolute Gasteiger partial charge is 0.493 e. The molecule has 1 unspecified atom stereocenters. The summed E-state index contributed by atoms with van der Waals surface area (Å²) in [7, 11) is 3.62. The molecule has 1 heterocycles. The van der Waals surface area contributed by atoms with Crippen molar-refractivity contribution < 1.29 is 14.3 Å². The van der Waals surface area contributed by atoms with Crippen molar-refractivity contribution in [3.05, 3.63) is 29.3 Å². The molecule has 0 saturated heterocycles. The summed E-state index contributed by atoms with van der Waals surface area (Å²) >= 11 is 0. The van der Waals surface area contributed by atoms with Gasteiger partial charge in [0.1, 0.15) is 5.75 Å². The third-order valence-corrected chi connectivity index (χ3v) is 3.56. The van der Waals surface area contributed by atoms with Crippen LogP contribution in [0.15, 0.2) is 18.2 Å². The lowest BCUT2D eigenvalue weighted by Gasteiger charge is -2.23. The number of hydrogen-bond acceptors (Lipinski definition) is 4. The Hall–Kier alpha value is -1.39. The molecule has 0 bridgehead atoms. The zero-order valence-corrected chi connectivity index (χ0v) is 11.8. The van der Waals surface area contributed by atoms with E-state index in [0.717, 1.165) is 29.9 Å². The number of methoxy groups -OCH3 is 1. The number of benzene rings is 1. The van der Waals surface area contributed by atoms with Gasteiger partial charge in [0.25, 0.3) is 0 Å². The third-order valence-electron chi connectivity index (χ3n) is 3.56. The van der Waals surface area contributed by atoms with Crippen LogP contribution in [0.1, 0.15) is 22.8 Å². The van der Waals surface area contributed by atoms with E-state index in [-0.39, 0.29) is 11.8 Å². The van der Waals surface area contributed by atoms with Gasteiger partial charge in [-0.3, -0.25) is 9.69 Å². The number of ether oxygens (including phenoxy) is 2. The number of likely N-dealkylation sites (N-methyl/N-ethyl adjacent to an activating group) is 1. The summed E-state index contributed by atoms with van der Waals surface area (Å²) in [6, 6.07) is 5.93. The molecule has 0 N–H and O–H groups in total. The van der Waals surface area contributed by atoms with E-state index < -0.39 is 0 Å². The van der Waals surface area contributed by atoms with Crippen molar-refractivity contribution in [2.24, 2.45) is 0 Å². The molecule has 19 heavy (non-hydrogen) atoms. The maximum atomic E-state index is 12.2. The second kappa shape index (κ2) is 6.17. The van der Waals surface area contributed by atoms with Gasteiger partial charge < -0.3 is 9.47 Å². The van der Waals surface area contributed by atoms with E-state index in [2.05, 4.69) is 0 Å². The topological polar surface area (TPSA) is 38.8 Å². The molecule has 0 aromatic heterocycles. The number of hydrogen-bond donors (Lipinski definition) is 0. The van der Waals surface area contributed by atoms with Crippen molar-refractivity contribution in [2.75, 3.05) is 33.9 Å². The van der Waals surface area contributed by atoms with E-state index in [0.29, 0.717) is 13.2 Å². The van der Waals surface area contributed by atoms with Gasteiger partial charge in [-0.1, -0.05) is 0 Å². The molecule has 2 rings (SSSR count). The minimum atomic E-state index is 0.139. The van der Waals surface area contributed by atoms with Crippen LogP contribution in [0.2, 0.25) is 0 Å². The van der Waals surface area contributed by atoms with Crippen LogP contribution in [0.5, 0.6) is 5.75 Å². The van der Waals surface area contributed by atoms with Gasteiger partial charge in [-0.2, -0.15) is 0 Å². The van der Waals surface area contributed by atoms with Crippen LogP contribution in [-0.2, 0) is 11.2 Å². The molecule has 0 radical (unpaired) electrons. The number of nitrogens with zero attached hydrogens (tertiary/aromatic N) is 1. The molecule has 0 saturated carbocycles. The van der Waals surface area contributed by atoms with Crippen molar-refractivity contribution in [1.29, 1.82) is 0 Å². The molecule has 1 atom stereocenters. The average molecular weight is 263 g/mol. The van der Waals surface area contributed by atoms with Crippen LogP contribution in [0, 0.1) is 0 Å². The third kappa shape index (κ3) is 3.33. The van der Waals surface area contributed by atoms with Crippen LogP contribution in [0.25, 0.3) is 0 Å². The normalized spacial score (nSPS) is 15.2. The molecule has 0 amide bonds. The van der Waals surface area contributed by atoms with Crippen LogP contribution in [0.4, 0.5) is 0 Å². The molecule has 0 fully saturated rings. The second-order valence-corrected chi connectivity index (χ2v) is 5.06. The van der Waals surface area contributed by atoms with Gasteiger partial charge in [-0.25, -0.2) is 0 Å². The number of rotatable bonds is 6. The number of ketones is 1. The van der Waals surface area contributed by atoms with E-state index in [9.17, 15) is 4.79 Å². The SMILES string of the molecule is COCC(C)N(C)CC(=O)c1ccc2c(c1)CCO2. The Labute approximate surface area is 114 Å². The van der Waals surface area contributed by atoms with Crippen molar-refractivity contribution in [3.8, 4) is 5.75 Å². The summed E-state index contributed by atoms with van der Waals surface area (Å²) in [5.41, 5.74) is 1.90. The van der Waals surface area contributed by atoms with Gasteiger partial charge in [0.05, 0.1) is 19.8 Å². The number of carbonyl (C=O) groups excluding carboxylic acids is 1. The fourth-order valence-electron chi connectivity index (χ4n) is 2.20. The molecule has 4 nitrogen and oxygen atoms in total. The minimum absolute atomic E-state index is 0.139. The Kier molecular flexibility index (Phi) is 4.56. The molecule has 1 aromatic carbocycles. The highest BCUT2D eigenvalue weighted by atomic mass is 16.5. The highest BCUT2D eigenvalue weighted by Crippen LogP contribution is 2.26. The van der Waals surface area contributed by atoms with E-state index in [4.69, 9.17) is 9.47 Å². The van der Waals surface area contributed by atoms with Crippen molar-refractivity contribution in [2.45, 2.75) is 19.4 Å². The maximum absolute atomic E-state index is 12.2. The van der Waals surface area contributed by atoms with Gasteiger partial charge in [-0.05, 0) is 37.7 Å². The van der Waals surface area contributed by atoms with Gasteiger partial charge in [0.15, 0.2) is 5.78 Å². The quantitative estimate of drug-likeness (QED) is 0.733. The fourth-order valence-corrected chi connectivity index (χ4v) is 2.20. The lowest BCUT2D eigenvalue weighted by atomic mass is 10.0. The highest BCUT2D eigenvalue weighted by molar-refractivity contribution is 5.98. The predicted molar refractivity (Wildman–Crippen MR) is 73.9 cm³/mol. The minimum Gasteiger partial charge on any atom is -0.493 e. The molecule has 1 aliphatic rings. The molecule has 0 spiro atoms. The van der Waals surface area contributed by atoms with Gasteiger partial charge >= 0.3 is 0 Å². The van der Waals surface area contributed by atoms with Crippen LogP contribution in [-0.4, -0.2) is 50.6 Å². The Morgan fingerprint density at radius 1 is 1.53 bits per heavy atom.